The summed E-state index contributed by atoms with van der Waals surface area (Å²) < 4.78 is 11.8. The summed E-state index contributed by atoms with van der Waals surface area (Å²) in [7, 11) is 1.69. The van der Waals surface area contributed by atoms with Crippen molar-refractivity contribution in [1.29, 1.82) is 0 Å². The summed E-state index contributed by atoms with van der Waals surface area (Å²) in [6.07, 6.45) is 4.57. The van der Waals surface area contributed by atoms with Crippen LogP contribution in [0, 0.1) is 6.92 Å². The molecule has 0 radical (unpaired) electrons. The van der Waals surface area contributed by atoms with Crippen molar-refractivity contribution in [1.82, 2.24) is 20.2 Å². The normalized spacial score (nSPS) is 24.4. The standard InChI is InChI=1S/C24H33ClN6O3/c1-13-11-16-20(26)18(25)12-17(22(16)34-13)24(32)30-19-5-9-31(15(3)21(19)33-4)10-8-29-23-14(2)27-6-7-28-23/h6-7,12-13,15,19,21H,5,8-11,26H2,1-4H3,(H,28,29)(H,30,32)/t13?,15-,19?,21+/m1/s1. The van der Waals surface area contributed by atoms with Gasteiger partial charge in [-0.1, -0.05) is 11.6 Å². The van der Waals surface area contributed by atoms with Gasteiger partial charge in [0.15, 0.2) is 0 Å². The Balaban J connectivity index is 1.40. The molecule has 1 saturated heterocycles. The van der Waals surface area contributed by atoms with Crippen molar-refractivity contribution in [2.75, 3.05) is 37.8 Å². The second-order valence-corrected chi connectivity index (χ2v) is 9.43. The van der Waals surface area contributed by atoms with E-state index in [0.29, 0.717) is 28.4 Å². The molecule has 184 valence electrons. The van der Waals surface area contributed by atoms with E-state index in [2.05, 4.69) is 32.4 Å². The van der Waals surface area contributed by atoms with E-state index >= 15 is 0 Å². The number of nitrogen functional groups attached to an aromatic ring is 1. The van der Waals surface area contributed by atoms with Gasteiger partial charge in [-0.15, -0.1) is 0 Å². The maximum Gasteiger partial charge on any atom is 0.255 e. The maximum atomic E-state index is 13.3. The predicted molar refractivity (Wildman–Crippen MR) is 133 cm³/mol. The average Bonchev–Trinajstić information content (AvgIpc) is 3.20. The number of halogens is 1. The van der Waals surface area contributed by atoms with Crippen LogP contribution < -0.4 is 21.1 Å². The number of carbonyl (C=O) groups excluding carboxylic acids is 1. The molecule has 0 spiro atoms. The summed E-state index contributed by atoms with van der Waals surface area (Å²) in [6, 6.07) is 1.58. The quantitative estimate of drug-likeness (QED) is 0.509. The first kappa shape index (κ1) is 24.5. The van der Waals surface area contributed by atoms with Crippen LogP contribution in [0.5, 0.6) is 5.75 Å². The molecular formula is C24H33ClN6O3. The molecule has 1 fully saturated rings. The van der Waals surface area contributed by atoms with E-state index in [1.165, 1.54) is 0 Å². The molecule has 2 unspecified atom stereocenters. The summed E-state index contributed by atoms with van der Waals surface area (Å²) in [5.74, 6) is 1.11. The lowest BCUT2D eigenvalue weighted by molar-refractivity contribution is -0.0301. The number of rotatable bonds is 7. The second-order valence-electron chi connectivity index (χ2n) is 9.02. The molecule has 2 aliphatic rings. The number of benzene rings is 1. The number of ether oxygens (including phenoxy) is 2. The van der Waals surface area contributed by atoms with Crippen molar-refractivity contribution >= 4 is 29.0 Å². The lowest BCUT2D eigenvalue weighted by Gasteiger charge is -2.43. The maximum absolute atomic E-state index is 13.3. The van der Waals surface area contributed by atoms with Crippen LogP contribution in [0.4, 0.5) is 11.5 Å². The minimum absolute atomic E-state index is 0.0448. The van der Waals surface area contributed by atoms with E-state index in [1.807, 2.05) is 13.8 Å². The Bertz CT molecular complexity index is 1050. The van der Waals surface area contributed by atoms with E-state index in [-0.39, 0.29) is 30.2 Å². The van der Waals surface area contributed by atoms with E-state index in [1.54, 1.807) is 25.6 Å². The minimum Gasteiger partial charge on any atom is -0.489 e. The SMILES string of the molecule is CO[C@@H]1C(NC(=O)c2cc(Cl)c(N)c3c2OC(C)C3)CCN(CCNc2nccnc2C)[C@@H]1C. The Morgan fingerprint density at radius 3 is 2.85 bits per heavy atom. The van der Waals surface area contributed by atoms with Crippen molar-refractivity contribution < 1.29 is 14.3 Å². The largest absolute Gasteiger partial charge is 0.489 e. The molecule has 4 atom stereocenters. The van der Waals surface area contributed by atoms with Crippen LogP contribution in [0.3, 0.4) is 0 Å². The summed E-state index contributed by atoms with van der Waals surface area (Å²) in [6.45, 7) is 8.41. The Hall–Kier alpha value is -2.62. The molecule has 10 heteroatoms. The molecule has 34 heavy (non-hydrogen) atoms. The Morgan fingerprint density at radius 2 is 2.12 bits per heavy atom. The van der Waals surface area contributed by atoms with E-state index in [0.717, 1.165) is 43.1 Å². The first-order valence-electron chi connectivity index (χ1n) is 11.7. The van der Waals surface area contributed by atoms with Gasteiger partial charge in [-0.2, -0.15) is 0 Å². The van der Waals surface area contributed by atoms with Gasteiger partial charge in [-0.25, -0.2) is 4.98 Å². The molecule has 1 aromatic carbocycles. The summed E-state index contributed by atoms with van der Waals surface area (Å²) in [5, 5.41) is 6.89. The van der Waals surface area contributed by atoms with E-state index in [4.69, 9.17) is 26.8 Å². The van der Waals surface area contributed by atoms with Gasteiger partial charge in [0.2, 0.25) is 0 Å². The third-order valence-corrected chi connectivity index (χ3v) is 7.08. The number of methoxy groups -OCH3 is 1. The van der Waals surface area contributed by atoms with Gasteiger partial charge in [0.1, 0.15) is 17.7 Å². The van der Waals surface area contributed by atoms with Gasteiger partial charge < -0.3 is 25.8 Å². The average molecular weight is 489 g/mol. The summed E-state index contributed by atoms with van der Waals surface area (Å²) >= 11 is 6.33. The molecule has 0 aliphatic carbocycles. The number of aryl methyl sites for hydroxylation is 1. The Labute approximate surface area is 205 Å². The van der Waals surface area contributed by atoms with Crippen LogP contribution in [-0.4, -0.2) is 71.8 Å². The van der Waals surface area contributed by atoms with Gasteiger partial charge >= 0.3 is 0 Å². The zero-order valence-corrected chi connectivity index (χ0v) is 20.9. The topological polar surface area (TPSA) is 115 Å². The fraction of sp³-hybridized carbons (Fsp3) is 0.542. The lowest BCUT2D eigenvalue weighted by Crippen LogP contribution is -2.60. The highest BCUT2D eigenvalue weighted by Crippen LogP contribution is 2.40. The minimum atomic E-state index is -0.222. The third kappa shape index (κ3) is 4.92. The van der Waals surface area contributed by atoms with Crippen LogP contribution in [0.2, 0.25) is 5.02 Å². The lowest BCUT2D eigenvalue weighted by atomic mass is 9.94. The van der Waals surface area contributed by atoms with Crippen molar-refractivity contribution in [3.8, 4) is 5.75 Å². The molecule has 3 heterocycles. The second kappa shape index (κ2) is 10.3. The molecule has 0 saturated carbocycles. The van der Waals surface area contributed by atoms with Crippen molar-refractivity contribution in [2.24, 2.45) is 0 Å². The summed E-state index contributed by atoms with van der Waals surface area (Å²) in [5.41, 5.74) is 8.72. The smallest absolute Gasteiger partial charge is 0.255 e. The number of aromatic nitrogens is 2. The molecule has 0 bridgehead atoms. The van der Waals surface area contributed by atoms with Crippen LogP contribution in [-0.2, 0) is 11.2 Å². The number of anilines is 2. The first-order chi connectivity index (χ1) is 16.3. The monoisotopic (exact) mass is 488 g/mol. The van der Waals surface area contributed by atoms with Gasteiger partial charge in [0.25, 0.3) is 5.91 Å². The summed E-state index contributed by atoms with van der Waals surface area (Å²) in [4.78, 5) is 24.2. The zero-order chi connectivity index (χ0) is 24.4. The fourth-order valence-corrected chi connectivity index (χ4v) is 5.15. The number of nitrogens with two attached hydrogens (primary N) is 1. The molecule has 4 N–H and O–H groups in total. The Morgan fingerprint density at radius 1 is 1.35 bits per heavy atom. The number of amides is 1. The van der Waals surface area contributed by atoms with Gasteiger partial charge in [-0.3, -0.25) is 14.7 Å². The van der Waals surface area contributed by atoms with Crippen molar-refractivity contribution in [3.63, 3.8) is 0 Å². The fourth-order valence-electron chi connectivity index (χ4n) is 4.93. The molecule has 1 aromatic heterocycles. The number of hydrogen-bond donors (Lipinski definition) is 3. The van der Waals surface area contributed by atoms with Crippen molar-refractivity contribution in [2.45, 2.75) is 57.9 Å². The number of nitrogens with one attached hydrogen (secondary N) is 2. The number of fused-ring (bicyclic) bond motifs is 1. The van der Waals surface area contributed by atoms with E-state index in [9.17, 15) is 4.79 Å². The first-order valence-corrected chi connectivity index (χ1v) is 12.0. The highest BCUT2D eigenvalue weighted by atomic mass is 35.5. The highest BCUT2D eigenvalue weighted by molar-refractivity contribution is 6.33. The van der Waals surface area contributed by atoms with Crippen molar-refractivity contribution in [3.05, 3.63) is 40.3 Å². The van der Waals surface area contributed by atoms with Crippen LogP contribution in [0.15, 0.2) is 18.5 Å². The molecule has 4 rings (SSSR count). The molecule has 9 nitrogen and oxygen atoms in total. The number of carbonyl (C=O) groups is 1. The molecule has 2 aromatic rings. The zero-order valence-electron chi connectivity index (χ0n) is 20.1. The van der Waals surface area contributed by atoms with Gasteiger partial charge in [0.05, 0.1) is 34.1 Å². The van der Waals surface area contributed by atoms with Crippen LogP contribution in [0.1, 0.15) is 41.9 Å². The van der Waals surface area contributed by atoms with E-state index < -0.39 is 0 Å². The number of hydrogen-bond acceptors (Lipinski definition) is 8. The Kier molecular flexibility index (Phi) is 7.45. The molecule has 2 aliphatic heterocycles. The molecule has 1 amide bonds. The number of piperidine rings is 1. The van der Waals surface area contributed by atoms with Gasteiger partial charge in [0, 0.05) is 57.2 Å². The molecular weight excluding hydrogens is 456 g/mol. The highest BCUT2D eigenvalue weighted by Gasteiger charge is 2.37. The third-order valence-electron chi connectivity index (χ3n) is 6.76. The van der Waals surface area contributed by atoms with Crippen LogP contribution in [0.25, 0.3) is 0 Å². The van der Waals surface area contributed by atoms with Gasteiger partial charge in [-0.05, 0) is 33.3 Å². The predicted octanol–water partition coefficient (Wildman–Crippen LogP) is 2.66. The number of likely N-dealkylation sites (tertiary alicyclic amines) is 1. The number of nitrogens with zero attached hydrogens (tertiary/aromatic N) is 3. The van der Waals surface area contributed by atoms with Crippen LogP contribution >= 0.6 is 11.6 Å².